The molecule has 3 N–H and O–H groups in total. The van der Waals surface area contributed by atoms with Gasteiger partial charge < -0.3 is 5.73 Å². The molecule has 1 aromatic carbocycles. The summed E-state index contributed by atoms with van der Waals surface area (Å²) in [5, 5.41) is 3.25. The first-order valence-electron chi connectivity index (χ1n) is 9.19. The number of benzene rings is 1. The van der Waals surface area contributed by atoms with Gasteiger partial charge in [0, 0.05) is 36.9 Å². The van der Waals surface area contributed by atoms with E-state index in [1.165, 1.54) is 6.07 Å². The zero-order valence-electron chi connectivity index (χ0n) is 15.5. The van der Waals surface area contributed by atoms with Crippen LogP contribution in [0, 0.1) is 5.82 Å². The Morgan fingerprint density at radius 1 is 0.964 bits per heavy atom. The van der Waals surface area contributed by atoms with E-state index < -0.39 is 17.3 Å². The Balaban J connectivity index is 1.86. The number of carbonyl (C=O) groups excluding carboxylic acids is 1. The molecule has 2 heterocycles. The van der Waals surface area contributed by atoms with Crippen LogP contribution in [0.25, 0.3) is 0 Å². The molecule has 6 heteroatoms. The van der Waals surface area contributed by atoms with Gasteiger partial charge in [-0.15, -0.1) is 0 Å². The number of carbonyl (C=O) groups is 1. The second-order valence-electron chi connectivity index (χ2n) is 6.64. The molecule has 1 atom stereocenters. The highest BCUT2D eigenvalue weighted by molar-refractivity contribution is 5.86. The maximum atomic E-state index is 14.7. The van der Waals surface area contributed by atoms with Crippen LogP contribution in [0.4, 0.5) is 4.39 Å². The molecular formula is C22H23FN4O. The topological polar surface area (TPSA) is 80.9 Å². The van der Waals surface area contributed by atoms with E-state index in [9.17, 15) is 9.18 Å². The minimum Gasteiger partial charge on any atom is -0.368 e. The van der Waals surface area contributed by atoms with Crippen molar-refractivity contribution >= 4 is 5.91 Å². The quantitative estimate of drug-likeness (QED) is 0.600. The summed E-state index contributed by atoms with van der Waals surface area (Å²) in [5.74, 6) is -1.06. The first kappa shape index (κ1) is 19.6. The van der Waals surface area contributed by atoms with Gasteiger partial charge in [-0.25, -0.2) is 4.39 Å². The number of rotatable bonds is 9. The van der Waals surface area contributed by atoms with Crippen LogP contribution in [-0.2, 0) is 23.2 Å². The summed E-state index contributed by atoms with van der Waals surface area (Å²) in [5.41, 5.74) is 6.81. The maximum Gasteiger partial charge on any atom is 0.242 e. The number of aromatic nitrogens is 2. The predicted octanol–water partition coefficient (Wildman–Crippen LogP) is 2.76. The minimum atomic E-state index is -1.31. The van der Waals surface area contributed by atoms with Crippen molar-refractivity contribution in [1.82, 2.24) is 15.3 Å². The average molecular weight is 378 g/mol. The number of halogens is 1. The molecule has 3 rings (SSSR count). The molecule has 1 amide bonds. The lowest BCUT2D eigenvalue weighted by Crippen LogP contribution is -2.54. The molecule has 0 radical (unpaired) electrons. The Morgan fingerprint density at radius 2 is 1.75 bits per heavy atom. The maximum absolute atomic E-state index is 14.7. The normalized spacial score (nSPS) is 13.0. The number of aryl methyl sites for hydroxylation is 1. The number of amides is 1. The number of hydrogen-bond acceptors (Lipinski definition) is 4. The molecule has 3 aromatic rings. The van der Waals surface area contributed by atoms with Crippen LogP contribution < -0.4 is 11.1 Å². The van der Waals surface area contributed by atoms with Crippen LogP contribution >= 0.6 is 0 Å². The van der Waals surface area contributed by atoms with Gasteiger partial charge in [-0.2, -0.15) is 0 Å². The van der Waals surface area contributed by atoms with E-state index in [-0.39, 0.29) is 5.56 Å². The second-order valence-corrected chi connectivity index (χ2v) is 6.64. The monoisotopic (exact) mass is 378 g/mol. The number of nitrogens with zero attached hydrogens (tertiary/aromatic N) is 2. The molecule has 0 fully saturated rings. The van der Waals surface area contributed by atoms with Crippen molar-refractivity contribution in [3.8, 4) is 0 Å². The highest BCUT2D eigenvalue weighted by Gasteiger charge is 2.39. The summed E-state index contributed by atoms with van der Waals surface area (Å²) in [6, 6.07) is 13.9. The van der Waals surface area contributed by atoms with Gasteiger partial charge in [0.25, 0.3) is 0 Å². The van der Waals surface area contributed by atoms with Crippen LogP contribution in [0.5, 0.6) is 0 Å². The van der Waals surface area contributed by atoms with Gasteiger partial charge >= 0.3 is 0 Å². The molecule has 0 saturated carbocycles. The number of pyridine rings is 2. The smallest absolute Gasteiger partial charge is 0.242 e. The fourth-order valence-corrected chi connectivity index (χ4v) is 3.32. The number of nitrogens with one attached hydrogen (secondary N) is 1. The molecule has 0 aliphatic heterocycles. The van der Waals surface area contributed by atoms with E-state index in [1.807, 2.05) is 24.3 Å². The van der Waals surface area contributed by atoms with Crippen LogP contribution in [0.15, 0.2) is 73.3 Å². The lowest BCUT2D eigenvalue weighted by Gasteiger charge is -2.33. The van der Waals surface area contributed by atoms with E-state index in [2.05, 4.69) is 15.3 Å². The van der Waals surface area contributed by atoms with Crippen LogP contribution in [-0.4, -0.2) is 22.4 Å². The zero-order chi connectivity index (χ0) is 19.8. The molecule has 2 aromatic heterocycles. The van der Waals surface area contributed by atoms with E-state index in [4.69, 9.17) is 5.73 Å². The molecule has 1 unspecified atom stereocenters. The third-order valence-corrected chi connectivity index (χ3v) is 4.86. The summed E-state index contributed by atoms with van der Waals surface area (Å²) >= 11 is 0. The van der Waals surface area contributed by atoms with Crippen molar-refractivity contribution in [2.24, 2.45) is 5.73 Å². The Hall–Kier alpha value is -3.12. The van der Waals surface area contributed by atoms with Gasteiger partial charge in [0.2, 0.25) is 5.91 Å². The van der Waals surface area contributed by atoms with Crippen LogP contribution in [0.3, 0.4) is 0 Å². The summed E-state index contributed by atoms with van der Waals surface area (Å²) in [6.07, 6.45) is 8.39. The van der Waals surface area contributed by atoms with Crippen molar-refractivity contribution in [3.05, 3.63) is 95.8 Å². The van der Waals surface area contributed by atoms with Gasteiger partial charge in [-0.3, -0.25) is 20.1 Å². The predicted molar refractivity (Wildman–Crippen MR) is 106 cm³/mol. The Morgan fingerprint density at radius 3 is 2.43 bits per heavy atom. The molecule has 5 nitrogen and oxygen atoms in total. The third kappa shape index (κ3) is 4.58. The van der Waals surface area contributed by atoms with Crippen molar-refractivity contribution in [2.75, 3.05) is 6.54 Å². The molecule has 0 aliphatic carbocycles. The van der Waals surface area contributed by atoms with Crippen molar-refractivity contribution in [3.63, 3.8) is 0 Å². The van der Waals surface area contributed by atoms with E-state index in [0.29, 0.717) is 25.8 Å². The number of nitrogens with two attached hydrogens (primary N) is 1. The van der Waals surface area contributed by atoms with E-state index in [0.717, 1.165) is 11.1 Å². The highest BCUT2D eigenvalue weighted by Crippen LogP contribution is 2.29. The largest absolute Gasteiger partial charge is 0.368 e. The Kier molecular flexibility index (Phi) is 6.45. The molecule has 0 spiro atoms. The summed E-state index contributed by atoms with van der Waals surface area (Å²) in [6.45, 7) is 0.467. The number of primary amides is 1. The lowest BCUT2D eigenvalue weighted by molar-refractivity contribution is -0.125. The number of hydrogen-bond donors (Lipinski definition) is 2. The van der Waals surface area contributed by atoms with Crippen molar-refractivity contribution in [2.45, 2.75) is 24.8 Å². The average Bonchev–Trinajstić information content (AvgIpc) is 2.72. The highest BCUT2D eigenvalue weighted by atomic mass is 19.1. The van der Waals surface area contributed by atoms with Crippen LogP contribution in [0.1, 0.15) is 23.1 Å². The molecule has 0 saturated heterocycles. The van der Waals surface area contributed by atoms with Crippen LogP contribution in [0.2, 0.25) is 0 Å². The van der Waals surface area contributed by atoms with Crippen molar-refractivity contribution in [1.29, 1.82) is 0 Å². The molecule has 28 heavy (non-hydrogen) atoms. The zero-order valence-corrected chi connectivity index (χ0v) is 15.5. The van der Waals surface area contributed by atoms with Crippen molar-refractivity contribution < 1.29 is 9.18 Å². The van der Waals surface area contributed by atoms with Gasteiger partial charge in [-0.05, 0) is 54.7 Å². The lowest BCUT2D eigenvalue weighted by atomic mass is 9.83. The van der Waals surface area contributed by atoms with Gasteiger partial charge in [-0.1, -0.05) is 24.3 Å². The first-order chi connectivity index (χ1) is 13.6. The summed E-state index contributed by atoms with van der Waals surface area (Å²) in [7, 11) is 0. The van der Waals surface area contributed by atoms with E-state index >= 15 is 0 Å². The first-order valence-corrected chi connectivity index (χ1v) is 9.19. The summed E-state index contributed by atoms with van der Waals surface area (Å²) < 4.78 is 14.7. The standard InChI is InChI=1S/C22H23FN4O/c23-20-6-2-1-5-19(20)22(21(24)28,11-7-18-4-3-12-26-16-18)27-15-10-17-8-13-25-14-9-17/h1-6,8-9,12-14,16,27H,7,10-11,15H2,(H2,24,28). The minimum absolute atomic E-state index is 0.265. The fourth-order valence-electron chi connectivity index (χ4n) is 3.32. The van der Waals surface area contributed by atoms with E-state index in [1.54, 1.807) is 43.0 Å². The van der Waals surface area contributed by atoms with Gasteiger partial charge in [0.1, 0.15) is 11.4 Å². The van der Waals surface area contributed by atoms with Gasteiger partial charge in [0.15, 0.2) is 0 Å². The Labute approximate surface area is 163 Å². The Bertz CT molecular complexity index is 905. The second kappa shape index (κ2) is 9.19. The molecule has 0 aliphatic rings. The molecule has 144 valence electrons. The third-order valence-electron chi connectivity index (χ3n) is 4.86. The molecule has 0 bridgehead atoms. The SMILES string of the molecule is NC(=O)C(CCc1cccnc1)(NCCc1ccncc1)c1ccccc1F. The summed E-state index contributed by atoms with van der Waals surface area (Å²) in [4.78, 5) is 20.7. The van der Waals surface area contributed by atoms with Gasteiger partial charge in [0.05, 0.1) is 0 Å². The fraction of sp³-hybridized carbons (Fsp3) is 0.227. The molecular weight excluding hydrogens is 355 g/mol.